The predicted octanol–water partition coefficient (Wildman–Crippen LogP) is 3.76. The Kier molecular flexibility index (Phi) is 7.57. The number of anilines is 1. The lowest BCUT2D eigenvalue weighted by Gasteiger charge is -2.37. The molecule has 1 aliphatic heterocycles. The van der Waals surface area contributed by atoms with Crippen LogP contribution in [-0.2, 0) is 14.3 Å². The maximum Gasteiger partial charge on any atom is 0.338 e. The molecule has 1 amide bonds. The molecule has 28 heavy (non-hydrogen) atoms. The van der Waals surface area contributed by atoms with Gasteiger partial charge >= 0.3 is 5.97 Å². The number of carbonyl (C=O) groups excluding carboxylic acids is 2. The van der Waals surface area contributed by atoms with Crippen LogP contribution in [0.15, 0.2) is 35.5 Å². The number of benzene rings is 1. The number of hydrogen-bond acceptors (Lipinski definition) is 4. The van der Waals surface area contributed by atoms with Crippen molar-refractivity contribution < 1.29 is 14.3 Å². The summed E-state index contributed by atoms with van der Waals surface area (Å²) >= 11 is 5.50. The first kappa shape index (κ1) is 21.9. The minimum atomic E-state index is -0.397. The normalized spacial score (nSPS) is 16.9. The van der Waals surface area contributed by atoms with Gasteiger partial charge in [-0.15, -0.1) is 0 Å². The zero-order valence-corrected chi connectivity index (χ0v) is 18.0. The van der Waals surface area contributed by atoms with Gasteiger partial charge in [-0.05, 0) is 49.7 Å². The molecule has 0 saturated heterocycles. The molecule has 0 fully saturated rings. The third kappa shape index (κ3) is 5.10. The Bertz CT molecular complexity index is 772. The SMILES string of the molecule is CCC(=O)Nc1ccc([C@H]2NC(=S)N(CC)C(C)=C2C(=O)OCC(C)C)cc1. The zero-order valence-electron chi connectivity index (χ0n) is 17.2. The summed E-state index contributed by atoms with van der Waals surface area (Å²) < 4.78 is 5.52. The molecule has 6 nitrogen and oxygen atoms in total. The van der Waals surface area contributed by atoms with Crippen LogP contribution in [0.5, 0.6) is 0 Å². The molecule has 0 unspecified atom stereocenters. The van der Waals surface area contributed by atoms with E-state index in [0.29, 0.717) is 35.9 Å². The van der Waals surface area contributed by atoms with Gasteiger partial charge in [0.2, 0.25) is 5.91 Å². The number of ether oxygens (including phenoxy) is 1. The fraction of sp³-hybridized carbons (Fsp3) is 0.476. The average Bonchev–Trinajstić information content (AvgIpc) is 2.66. The predicted molar refractivity (Wildman–Crippen MR) is 115 cm³/mol. The Morgan fingerprint density at radius 2 is 1.89 bits per heavy atom. The number of nitrogens with zero attached hydrogens (tertiary/aromatic N) is 1. The maximum absolute atomic E-state index is 12.9. The minimum Gasteiger partial charge on any atom is -0.462 e. The van der Waals surface area contributed by atoms with Crippen LogP contribution in [0.3, 0.4) is 0 Å². The molecule has 1 heterocycles. The van der Waals surface area contributed by atoms with Gasteiger partial charge in [0.05, 0.1) is 18.2 Å². The Balaban J connectivity index is 2.36. The molecule has 1 atom stereocenters. The number of hydrogen-bond donors (Lipinski definition) is 2. The van der Waals surface area contributed by atoms with Crippen molar-refractivity contribution in [1.29, 1.82) is 0 Å². The monoisotopic (exact) mass is 403 g/mol. The number of amides is 1. The van der Waals surface area contributed by atoms with Crippen molar-refractivity contribution in [2.45, 2.75) is 47.1 Å². The lowest BCUT2D eigenvalue weighted by Crippen LogP contribution is -2.47. The van der Waals surface area contributed by atoms with Crippen molar-refractivity contribution in [1.82, 2.24) is 10.2 Å². The number of thiocarbonyl (C=S) groups is 1. The lowest BCUT2D eigenvalue weighted by atomic mass is 9.94. The van der Waals surface area contributed by atoms with Crippen molar-refractivity contribution >= 4 is 34.9 Å². The van der Waals surface area contributed by atoms with Crippen LogP contribution in [0.25, 0.3) is 0 Å². The molecule has 7 heteroatoms. The van der Waals surface area contributed by atoms with Crippen molar-refractivity contribution in [3.8, 4) is 0 Å². The second-order valence-electron chi connectivity index (χ2n) is 7.14. The highest BCUT2D eigenvalue weighted by Crippen LogP contribution is 2.32. The van der Waals surface area contributed by atoms with E-state index in [2.05, 4.69) is 10.6 Å². The van der Waals surface area contributed by atoms with Crippen LogP contribution < -0.4 is 10.6 Å². The van der Waals surface area contributed by atoms with E-state index in [1.54, 1.807) is 6.92 Å². The molecule has 0 bridgehead atoms. The minimum absolute atomic E-state index is 0.0444. The van der Waals surface area contributed by atoms with Crippen molar-refractivity contribution in [3.63, 3.8) is 0 Å². The van der Waals surface area contributed by atoms with E-state index in [1.165, 1.54) is 0 Å². The molecule has 1 aromatic rings. The molecule has 0 aromatic heterocycles. The fourth-order valence-corrected chi connectivity index (χ4v) is 3.39. The van der Waals surface area contributed by atoms with Crippen molar-refractivity contribution in [2.24, 2.45) is 5.92 Å². The molecule has 2 rings (SSSR count). The molecule has 0 radical (unpaired) electrons. The highest BCUT2D eigenvalue weighted by molar-refractivity contribution is 7.80. The maximum atomic E-state index is 12.9. The van der Waals surface area contributed by atoms with Gasteiger partial charge in [0.1, 0.15) is 0 Å². The second kappa shape index (κ2) is 9.68. The molecule has 0 aliphatic carbocycles. The highest BCUT2D eigenvalue weighted by Gasteiger charge is 2.34. The first-order valence-electron chi connectivity index (χ1n) is 9.64. The molecule has 2 N–H and O–H groups in total. The molecule has 0 spiro atoms. The molecule has 1 aliphatic rings. The first-order chi connectivity index (χ1) is 13.3. The van der Waals surface area contributed by atoms with E-state index in [-0.39, 0.29) is 17.8 Å². The van der Waals surface area contributed by atoms with E-state index in [9.17, 15) is 9.59 Å². The third-order valence-electron chi connectivity index (χ3n) is 4.53. The van der Waals surface area contributed by atoms with Crippen LogP contribution in [-0.4, -0.2) is 35.0 Å². The number of esters is 1. The van der Waals surface area contributed by atoms with E-state index < -0.39 is 6.04 Å². The number of carbonyl (C=O) groups is 2. The van der Waals surface area contributed by atoms with Crippen LogP contribution in [0, 0.1) is 5.92 Å². The van der Waals surface area contributed by atoms with Gasteiger partial charge in [0, 0.05) is 24.4 Å². The summed E-state index contributed by atoms with van der Waals surface area (Å²) in [6, 6.07) is 7.02. The summed E-state index contributed by atoms with van der Waals surface area (Å²) in [6.07, 6.45) is 0.417. The topological polar surface area (TPSA) is 70.7 Å². The van der Waals surface area contributed by atoms with Gasteiger partial charge in [-0.2, -0.15) is 0 Å². The van der Waals surface area contributed by atoms with Gasteiger partial charge in [-0.25, -0.2) is 4.79 Å². The summed E-state index contributed by atoms with van der Waals surface area (Å²) in [6.45, 7) is 10.7. The van der Waals surface area contributed by atoms with E-state index in [0.717, 1.165) is 11.3 Å². The number of allylic oxidation sites excluding steroid dienone is 1. The smallest absolute Gasteiger partial charge is 0.338 e. The first-order valence-corrected chi connectivity index (χ1v) is 10.0. The van der Waals surface area contributed by atoms with Crippen LogP contribution in [0.1, 0.15) is 52.6 Å². The van der Waals surface area contributed by atoms with E-state index in [1.807, 2.05) is 56.9 Å². The summed E-state index contributed by atoms with van der Waals surface area (Å²) in [4.78, 5) is 26.3. The van der Waals surface area contributed by atoms with Gasteiger partial charge in [0.25, 0.3) is 0 Å². The van der Waals surface area contributed by atoms with Crippen molar-refractivity contribution in [2.75, 3.05) is 18.5 Å². The third-order valence-corrected chi connectivity index (χ3v) is 4.87. The van der Waals surface area contributed by atoms with Gasteiger partial charge in [0.15, 0.2) is 5.11 Å². The molecule has 152 valence electrons. The zero-order chi connectivity index (χ0) is 20.8. The lowest BCUT2D eigenvalue weighted by molar-refractivity contribution is -0.140. The van der Waals surface area contributed by atoms with Gasteiger partial charge < -0.3 is 20.3 Å². The standard InChI is InChI=1S/C21H29N3O3S/c1-6-17(25)22-16-10-8-15(9-11-16)19-18(20(26)27-12-13(3)4)14(5)24(7-2)21(28)23-19/h8-11,13,19H,6-7,12H2,1-5H3,(H,22,25)(H,23,28)/t19-/m1/s1. The van der Waals surface area contributed by atoms with E-state index in [4.69, 9.17) is 17.0 Å². The highest BCUT2D eigenvalue weighted by atomic mass is 32.1. The Morgan fingerprint density at radius 3 is 2.43 bits per heavy atom. The Labute approximate surface area is 172 Å². The second-order valence-corrected chi connectivity index (χ2v) is 7.53. The average molecular weight is 404 g/mol. The Hall–Kier alpha value is -2.41. The quantitative estimate of drug-likeness (QED) is 0.534. The van der Waals surface area contributed by atoms with Crippen LogP contribution in [0.4, 0.5) is 5.69 Å². The summed E-state index contributed by atoms with van der Waals surface area (Å²) in [7, 11) is 0. The molecular weight excluding hydrogens is 374 g/mol. The largest absolute Gasteiger partial charge is 0.462 e. The van der Waals surface area contributed by atoms with Crippen molar-refractivity contribution in [3.05, 3.63) is 41.1 Å². The van der Waals surface area contributed by atoms with E-state index >= 15 is 0 Å². The van der Waals surface area contributed by atoms with Crippen LogP contribution in [0.2, 0.25) is 0 Å². The van der Waals surface area contributed by atoms with Gasteiger partial charge in [-0.3, -0.25) is 4.79 Å². The Morgan fingerprint density at radius 1 is 1.25 bits per heavy atom. The number of rotatable bonds is 7. The molecule has 0 saturated carbocycles. The number of nitrogens with one attached hydrogen (secondary N) is 2. The fourth-order valence-electron chi connectivity index (χ4n) is 3.00. The summed E-state index contributed by atoms with van der Waals surface area (Å²) in [5.74, 6) is -0.130. The molecule has 1 aromatic carbocycles. The molecular formula is C21H29N3O3S. The summed E-state index contributed by atoms with van der Waals surface area (Å²) in [5.41, 5.74) is 2.95. The summed E-state index contributed by atoms with van der Waals surface area (Å²) in [5, 5.41) is 6.67. The van der Waals surface area contributed by atoms with Gasteiger partial charge in [-0.1, -0.05) is 32.9 Å². The van der Waals surface area contributed by atoms with Crippen LogP contribution >= 0.6 is 12.2 Å².